The Bertz CT molecular complexity index is 1180. The molecule has 0 saturated carbocycles. The fraction of sp³-hybridized carbons (Fsp3) is 0.100. The van der Waals surface area contributed by atoms with Gasteiger partial charge in [0.25, 0.3) is 5.91 Å². The van der Waals surface area contributed by atoms with E-state index in [0.717, 1.165) is 16.3 Å². The lowest BCUT2D eigenvalue weighted by molar-refractivity contribution is -0.202. The number of halogens is 3. The van der Waals surface area contributed by atoms with Gasteiger partial charge in [-0.15, -0.1) is 0 Å². The summed E-state index contributed by atoms with van der Waals surface area (Å²) in [5.74, 6) is -1.22. The maximum Gasteiger partial charge on any atom is 0.423 e. The molecule has 0 radical (unpaired) electrons. The molecule has 1 aromatic heterocycles. The average Bonchev–Trinajstić information content (AvgIpc) is 3.09. The zero-order chi connectivity index (χ0) is 19.9. The molecule has 8 heteroatoms. The molecule has 1 amide bonds. The molecule has 28 heavy (non-hydrogen) atoms. The van der Waals surface area contributed by atoms with Crippen LogP contribution in [-0.2, 0) is 4.79 Å². The van der Waals surface area contributed by atoms with Crippen LogP contribution in [0.1, 0.15) is 0 Å². The van der Waals surface area contributed by atoms with Crippen LogP contribution in [-0.4, -0.2) is 28.3 Å². The van der Waals surface area contributed by atoms with Crippen molar-refractivity contribution in [2.75, 3.05) is 5.32 Å². The molecular weight excluding hydrogens is 373 g/mol. The second kappa shape index (κ2) is 6.65. The highest BCUT2D eigenvalue weighted by atomic mass is 19.4. The smallest absolute Gasteiger partial charge is 0.423 e. The zero-order valence-corrected chi connectivity index (χ0v) is 14.2. The van der Waals surface area contributed by atoms with Crippen LogP contribution in [0, 0.1) is 0 Å². The average molecular weight is 386 g/mol. The number of rotatable bonds is 3. The van der Waals surface area contributed by atoms with Crippen molar-refractivity contribution in [1.29, 1.82) is 0 Å². The molecule has 0 fully saturated rings. The normalized spacial score (nSPS) is 13.0. The standard InChI is InChI=1S/C20H13F3N2O3/c21-20(22,23)17(26)18(27)24-14-7-8-16-15(10-14)25-19(28-16)13-6-5-11-3-1-2-4-12(11)9-13/h1-10,17,26H,(H,24,27). The van der Waals surface area contributed by atoms with E-state index in [4.69, 9.17) is 9.52 Å². The molecule has 0 bridgehead atoms. The minimum Gasteiger partial charge on any atom is -0.436 e. The first-order chi connectivity index (χ1) is 13.3. The van der Waals surface area contributed by atoms with Gasteiger partial charge < -0.3 is 14.8 Å². The molecule has 4 rings (SSSR count). The van der Waals surface area contributed by atoms with Gasteiger partial charge in [-0.3, -0.25) is 4.79 Å². The van der Waals surface area contributed by atoms with Gasteiger partial charge in [-0.05, 0) is 41.1 Å². The van der Waals surface area contributed by atoms with Gasteiger partial charge in [0.15, 0.2) is 5.58 Å². The maximum absolute atomic E-state index is 12.4. The van der Waals surface area contributed by atoms with E-state index in [0.29, 0.717) is 17.0 Å². The first kappa shape index (κ1) is 18.0. The number of alkyl halides is 3. The summed E-state index contributed by atoms with van der Waals surface area (Å²) in [5, 5.41) is 13.1. The minimum atomic E-state index is -5.04. The molecule has 0 spiro atoms. The third kappa shape index (κ3) is 3.41. The minimum absolute atomic E-state index is 0.0687. The SMILES string of the molecule is O=C(Nc1ccc2oc(-c3ccc4ccccc4c3)nc2c1)C(O)C(F)(F)F. The van der Waals surface area contributed by atoms with Crippen molar-refractivity contribution in [1.82, 2.24) is 4.98 Å². The molecular formula is C20H13F3N2O3. The van der Waals surface area contributed by atoms with Gasteiger partial charge in [0.1, 0.15) is 5.52 Å². The maximum atomic E-state index is 12.4. The van der Waals surface area contributed by atoms with Gasteiger partial charge in [-0.25, -0.2) is 4.98 Å². The van der Waals surface area contributed by atoms with E-state index in [1.54, 1.807) is 0 Å². The second-order valence-corrected chi connectivity index (χ2v) is 6.20. The number of carbonyl (C=O) groups excluding carboxylic acids is 1. The number of anilines is 1. The van der Waals surface area contributed by atoms with Gasteiger partial charge in [-0.1, -0.05) is 30.3 Å². The lowest BCUT2D eigenvalue weighted by Crippen LogP contribution is -2.40. The van der Waals surface area contributed by atoms with E-state index in [-0.39, 0.29) is 5.69 Å². The van der Waals surface area contributed by atoms with Crippen molar-refractivity contribution < 1.29 is 27.5 Å². The summed E-state index contributed by atoms with van der Waals surface area (Å²) in [6, 6.07) is 17.7. The van der Waals surface area contributed by atoms with Crippen molar-refractivity contribution in [3.63, 3.8) is 0 Å². The number of aliphatic hydroxyl groups is 1. The Kier molecular flexibility index (Phi) is 4.27. The summed E-state index contributed by atoms with van der Waals surface area (Å²) < 4.78 is 43.0. The Morgan fingerprint density at radius 1 is 1.04 bits per heavy atom. The Labute approximate surface area is 156 Å². The summed E-state index contributed by atoms with van der Waals surface area (Å²) in [5.41, 5.74) is 1.59. The summed E-state index contributed by atoms with van der Waals surface area (Å²) in [6.07, 6.45) is -8.14. The molecule has 4 aromatic rings. The lowest BCUT2D eigenvalue weighted by Gasteiger charge is -2.14. The first-order valence-electron chi connectivity index (χ1n) is 8.27. The fourth-order valence-corrected chi connectivity index (χ4v) is 2.81. The van der Waals surface area contributed by atoms with Crippen LogP contribution in [0.5, 0.6) is 0 Å². The van der Waals surface area contributed by atoms with E-state index in [1.807, 2.05) is 47.8 Å². The number of nitrogens with zero attached hydrogens (tertiary/aromatic N) is 1. The van der Waals surface area contributed by atoms with Crippen LogP contribution < -0.4 is 5.32 Å². The summed E-state index contributed by atoms with van der Waals surface area (Å²) in [7, 11) is 0. The summed E-state index contributed by atoms with van der Waals surface area (Å²) in [4.78, 5) is 15.9. The van der Waals surface area contributed by atoms with Gasteiger partial charge in [0.2, 0.25) is 12.0 Å². The van der Waals surface area contributed by atoms with Gasteiger partial charge in [-0.2, -0.15) is 13.2 Å². The van der Waals surface area contributed by atoms with E-state index in [9.17, 15) is 18.0 Å². The highest BCUT2D eigenvalue weighted by Crippen LogP contribution is 2.29. The van der Waals surface area contributed by atoms with Crippen molar-refractivity contribution in [2.45, 2.75) is 12.3 Å². The van der Waals surface area contributed by atoms with Crippen LogP contribution >= 0.6 is 0 Å². The number of hydrogen-bond acceptors (Lipinski definition) is 4. The number of hydrogen-bond donors (Lipinski definition) is 2. The topological polar surface area (TPSA) is 75.4 Å². The highest BCUT2D eigenvalue weighted by Gasteiger charge is 2.43. The number of carbonyl (C=O) groups is 1. The van der Waals surface area contributed by atoms with Crippen LogP contribution in [0.25, 0.3) is 33.3 Å². The van der Waals surface area contributed by atoms with E-state index in [1.165, 1.54) is 18.2 Å². The largest absolute Gasteiger partial charge is 0.436 e. The molecule has 0 aliphatic heterocycles. The van der Waals surface area contributed by atoms with Crippen molar-refractivity contribution in [3.8, 4) is 11.5 Å². The Hall–Kier alpha value is -3.39. The number of aliphatic hydroxyl groups excluding tert-OH is 1. The molecule has 0 saturated heterocycles. The van der Waals surface area contributed by atoms with Crippen molar-refractivity contribution in [2.24, 2.45) is 0 Å². The van der Waals surface area contributed by atoms with Crippen LogP contribution in [0.4, 0.5) is 18.9 Å². The first-order valence-corrected chi connectivity index (χ1v) is 8.27. The van der Waals surface area contributed by atoms with Crippen LogP contribution in [0.2, 0.25) is 0 Å². The van der Waals surface area contributed by atoms with E-state index in [2.05, 4.69) is 4.98 Å². The van der Waals surface area contributed by atoms with Crippen molar-refractivity contribution >= 4 is 33.5 Å². The Morgan fingerprint density at radius 2 is 1.79 bits per heavy atom. The number of oxazole rings is 1. The molecule has 0 aliphatic carbocycles. The van der Waals surface area contributed by atoms with Crippen LogP contribution in [0.15, 0.2) is 65.1 Å². The number of fused-ring (bicyclic) bond motifs is 2. The molecule has 1 heterocycles. The zero-order valence-electron chi connectivity index (χ0n) is 14.2. The molecule has 5 nitrogen and oxygen atoms in total. The van der Waals surface area contributed by atoms with Gasteiger partial charge in [0.05, 0.1) is 0 Å². The Balaban J connectivity index is 1.63. The van der Waals surface area contributed by atoms with E-state index >= 15 is 0 Å². The summed E-state index contributed by atoms with van der Waals surface area (Å²) in [6.45, 7) is 0. The monoisotopic (exact) mass is 386 g/mol. The quantitative estimate of drug-likeness (QED) is 0.543. The molecule has 142 valence electrons. The van der Waals surface area contributed by atoms with Gasteiger partial charge in [0, 0.05) is 11.3 Å². The number of nitrogens with one attached hydrogen (secondary N) is 1. The highest BCUT2D eigenvalue weighted by molar-refractivity contribution is 5.96. The molecule has 2 N–H and O–H groups in total. The number of benzene rings is 3. The predicted octanol–water partition coefficient (Wildman–Crippen LogP) is 4.51. The molecule has 0 aliphatic rings. The van der Waals surface area contributed by atoms with Crippen molar-refractivity contribution in [3.05, 3.63) is 60.7 Å². The predicted molar refractivity (Wildman–Crippen MR) is 97.6 cm³/mol. The third-order valence-electron chi connectivity index (χ3n) is 4.21. The summed E-state index contributed by atoms with van der Waals surface area (Å²) >= 11 is 0. The number of amides is 1. The Morgan fingerprint density at radius 3 is 2.54 bits per heavy atom. The van der Waals surface area contributed by atoms with Crippen LogP contribution in [0.3, 0.4) is 0 Å². The second-order valence-electron chi connectivity index (χ2n) is 6.20. The van der Waals surface area contributed by atoms with E-state index < -0.39 is 18.2 Å². The third-order valence-corrected chi connectivity index (χ3v) is 4.21. The fourth-order valence-electron chi connectivity index (χ4n) is 2.81. The number of aromatic nitrogens is 1. The lowest BCUT2D eigenvalue weighted by atomic mass is 10.1. The molecule has 1 unspecified atom stereocenters. The molecule has 1 atom stereocenters. The molecule has 3 aromatic carbocycles. The van der Waals surface area contributed by atoms with Gasteiger partial charge >= 0.3 is 6.18 Å².